The molecule has 1 amide bonds. The van der Waals surface area contributed by atoms with Crippen LogP contribution in [0.25, 0.3) is 0 Å². The Morgan fingerprint density at radius 2 is 1.65 bits per heavy atom. The molecule has 0 heterocycles. The van der Waals surface area contributed by atoms with Crippen molar-refractivity contribution in [2.75, 3.05) is 32.6 Å². The van der Waals surface area contributed by atoms with Gasteiger partial charge >= 0.3 is 5.97 Å². The van der Waals surface area contributed by atoms with Gasteiger partial charge in [0, 0.05) is 32.9 Å². The fourth-order valence-corrected chi connectivity index (χ4v) is 2.88. The summed E-state index contributed by atoms with van der Waals surface area (Å²) in [6.45, 7) is -0.193. The summed E-state index contributed by atoms with van der Waals surface area (Å²) >= 11 is 0. The molecule has 1 aromatic carbocycles. The summed E-state index contributed by atoms with van der Waals surface area (Å²) in [6.07, 6.45) is 5.67. The first kappa shape index (κ1) is 17.3. The minimum atomic E-state index is -0.458. The molecule has 5 nitrogen and oxygen atoms in total. The van der Waals surface area contributed by atoms with Crippen LogP contribution in [0.2, 0.25) is 0 Å². The number of benzene rings is 1. The second-order valence-electron chi connectivity index (χ2n) is 6.31. The minimum Gasteiger partial charge on any atom is -0.452 e. The third-order valence-electron chi connectivity index (χ3n) is 4.46. The van der Waals surface area contributed by atoms with Gasteiger partial charge in [-0.1, -0.05) is 19.3 Å². The van der Waals surface area contributed by atoms with Crippen molar-refractivity contribution in [2.45, 2.75) is 38.1 Å². The van der Waals surface area contributed by atoms with Crippen LogP contribution in [0, 0.1) is 0 Å². The number of carbonyl (C=O) groups excluding carboxylic acids is 2. The van der Waals surface area contributed by atoms with E-state index in [-0.39, 0.29) is 18.6 Å². The Labute approximate surface area is 138 Å². The van der Waals surface area contributed by atoms with E-state index in [1.54, 1.807) is 24.1 Å². The van der Waals surface area contributed by atoms with Crippen molar-refractivity contribution < 1.29 is 14.3 Å². The Morgan fingerprint density at radius 3 is 2.22 bits per heavy atom. The Balaban J connectivity index is 1.84. The van der Waals surface area contributed by atoms with Crippen LogP contribution in [0.3, 0.4) is 0 Å². The summed E-state index contributed by atoms with van der Waals surface area (Å²) in [5, 5.41) is 0. The molecule has 0 unspecified atom stereocenters. The SMILES string of the molecule is CN(C)c1ccc(C(=O)OCC(=O)N(C)C2CCCCC2)cc1. The second kappa shape index (κ2) is 7.99. The van der Waals surface area contributed by atoms with Gasteiger partial charge in [-0.25, -0.2) is 4.79 Å². The predicted molar refractivity (Wildman–Crippen MR) is 90.7 cm³/mol. The van der Waals surface area contributed by atoms with Crippen molar-refractivity contribution in [3.05, 3.63) is 29.8 Å². The first-order valence-electron chi connectivity index (χ1n) is 8.19. The van der Waals surface area contributed by atoms with Gasteiger partial charge in [0.05, 0.1) is 5.56 Å². The van der Waals surface area contributed by atoms with Gasteiger partial charge in [-0.15, -0.1) is 0 Å². The summed E-state index contributed by atoms with van der Waals surface area (Å²) < 4.78 is 5.16. The minimum absolute atomic E-state index is 0.129. The number of hydrogen-bond acceptors (Lipinski definition) is 4. The van der Waals surface area contributed by atoms with Crippen molar-refractivity contribution in [1.82, 2.24) is 4.90 Å². The van der Waals surface area contributed by atoms with Gasteiger partial charge in [0.1, 0.15) is 0 Å². The fraction of sp³-hybridized carbons (Fsp3) is 0.556. The lowest BCUT2D eigenvalue weighted by Gasteiger charge is -2.31. The third-order valence-corrected chi connectivity index (χ3v) is 4.46. The van der Waals surface area contributed by atoms with E-state index in [0.717, 1.165) is 18.5 Å². The fourth-order valence-electron chi connectivity index (χ4n) is 2.88. The molecule has 1 aliphatic carbocycles. The van der Waals surface area contributed by atoms with Gasteiger partial charge in [0.25, 0.3) is 5.91 Å². The van der Waals surface area contributed by atoms with Gasteiger partial charge in [-0.05, 0) is 37.1 Å². The largest absolute Gasteiger partial charge is 0.452 e. The van der Waals surface area contributed by atoms with Gasteiger partial charge in [0.2, 0.25) is 0 Å². The Kier molecular flexibility index (Phi) is 6.02. The molecule has 1 fully saturated rings. The topological polar surface area (TPSA) is 49.9 Å². The predicted octanol–water partition coefficient (Wildman–Crippen LogP) is 2.70. The highest BCUT2D eigenvalue weighted by Crippen LogP contribution is 2.21. The van der Waals surface area contributed by atoms with E-state index in [4.69, 9.17) is 4.74 Å². The van der Waals surface area contributed by atoms with Crippen LogP contribution in [-0.4, -0.2) is 50.6 Å². The van der Waals surface area contributed by atoms with E-state index in [9.17, 15) is 9.59 Å². The number of likely N-dealkylation sites (N-methyl/N-ethyl adjacent to an activating group) is 1. The third kappa shape index (κ3) is 4.71. The van der Waals surface area contributed by atoms with Crippen LogP contribution in [0.1, 0.15) is 42.5 Å². The molecule has 5 heteroatoms. The number of hydrogen-bond donors (Lipinski definition) is 0. The van der Waals surface area contributed by atoms with E-state index in [0.29, 0.717) is 5.56 Å². The molecule has 0 spiro atoms. The first-order chi connectivity index (χ1) is 11.0. The molecule has 0 aliphatic heterocycles. The van der Waals surface area contributed by atoms with Crippen LogP contribution in [0.4, 0.5) is 5.69 Å². The van der Waals surface area contributed by atoms with E-state index in [2.05, 4.69) is 0 Å². The zero-order valence-corrected chi connectivity index (χ0v) is 14.2. The van der Waals surface area contributed by atoms with E-state index >= 15 is 0 Å². The molecule has 0 radical (unpaired) electrons. The molecule has 0 saturated heterocycles. The van der Waals surface area contributed by atoms with Crippen LogP contribution >= 0.6 is 0 Å². The summed E-state index contributed by atoms with van der Waals surface area (Å²) in [5.41, 5.74) is 1.47. The van der Waals surface area contributed by atoms with Crippen LogP contribution in [0.15, 0.2) is 24.3 Å². The summed E-state index contributed by atoms with van der Waals surface area (Å²) in [4.78, 5) is 27.9. The lowest BCUT2D eigenvalue weighted by Crippen LogP contribution is -2.40. The van der Waals surface area contributed by atoms with Gasteiger partial charge < -0.3 is 14.5 Å². The number of carbonyl (C=O) groups is 2. The Hall–Kier alpha value is -2.04. The molecule has 1 aliphatic rings. The first-order valence-corrected chi connectivity index (χ1v) is 8.19. The van der Waals surface area contributed by atoms with E-state index in [1.807, 2.05) is 31.1 Å². The summed E-state index contributed by atoms with van der Waals surface area (Å²) in [7, 11) is 5.68. The van der Waals surface area contributed by atoms with Gasteiger partial charge in [0.15, 0.2) is 6.61 Å². The summed E-state index contributed by atoms with van der Waals surface area (Å²) in [6, 6.07) is 7.42. The quantitative estimate of drug-likeness (QED) is 0.783. The molecule has 0 aromatic heterocycles. The van der Waals surface area contributed by atoms with Crippen molar-refractivity contribution in [3.8, 4) is 0 Å². The van der Waals surface area contributed by atoms with Crippen LogP contribution in [0.5, 0.6) is 0 Å². The summed E-state index contributed by atoms with van der Waals surface area (Å²) in [5.74, 6) is -0.587. The standard InChI is InChI=1S/C18H26N2O3/c1-19(2)15-11-9-14(10-12-15)18(22)23-13-17(21)20(3)16-7-5-4-6-8-16/h9-12,16H,4-8,13H2,1-3H3. The molecule has 0 bridgehead atoms. The number of esters is 1. The second-order valence-corrected chi connectivity index (χ2v) is 6.31. The van der Waals surface area contributed by atoms with Crippen molar-refractivity contribution in [3.63, 3.8) is 0 Å². The molecule has 23 heavy (non-hydrogen) atoms. The average molecular weight is 318 g/mol. The number of ether oxygens (including phenoxy) is 1. The van der Waals surface area contributed by atoms with Crippen molar-refractivity contribution >= 4 is 17.6 Å². The number of anilines is 1. The normalized spacial score (nSPS) is 15.1. The van der Waals surface area contributed by atoms with Gasteiger partial charge in [-0.2, -0.15) is 0 Å². The van der Waals surface area contributed by atoms with Crippen molar-refractivity contribution in [2.24, 2.45) is 0 Å². The Bertz CT molecular complexity index is 534. The molecule has 126 valence electrons. The molecule has 1 saturated carbocycles. The average Bonchev–Trinajstić information content (AvgIpc) is 2.59. The monoisotopic (exact) mass is 318 g/mol. The molecular weight excluding hydrogens is 292 g/mol. The van der Waals surface area contributed by atoms with E-state index in [1.165, 1.54) is 19.3 Å². The number of nitrogens with zero attached hydrogens (tertiary/aromatic N) is 2. The van der Waals surface area contributed by atoms with Gasteiger partial charge in [-0.3, -0.25) is 4.79 Å². The lowest BCUT2D eigenvalue weighted by molar-refractivity contribution is -0.135. The molecule has 1 aromatic rings. The highest BCUT2D eigenvalue weighted by Gasteiger charge is 2.22. The van der Waals surface area contributed by atoms with Crippen LogP contribution in [-0.2, 0) is 9.53 Å². The zero-order chi connectivity index (χ0) is 16.8. The number of amides is 1. The smallest absolute Gasteiger partial charge is 0.338 e. The van der Waals surface area contributed by atoms with Crippen LogP contribution < -0.4 is 4.90 Å². The highest BCUT2D eigenvalue weighted by atomic mass is 16.5. The molecule has 0 N–H and O–H groups in total. The maximum absolute atomic E-state index is 12.2. The molecular formula is C18H26N2O3. The molecule has 2 rings (SSSR count). The Morgan fingerprint density at radius 1 is 1.04 bits per heavy atom. The zero-order valence-electron chi connectivity index (χ0n) is 14.2. The molecule has 0 atom stereocenters. The maximum atomic E-state index is 12.2. The maximum Gasteiger partial charge on any atom is 0.338 e. The van der Waals surface area contributed by atoms with E-state index < -0.39 is 5.97 Å². The number of rotatable bonds is 5. The lowest BCUT2D eigenvalue weighted by atomic mass is 9.94. The van der Waals surface area contributed by atoms with Crippen molar-refractivity contribution in [1.29, 1.82) is 0 Å². The highest BCUT2D eigenvalue weighted by molar-refractivity contribution is 5.91.